The zero-order valence-electron chi connectivity index (χ0n) is 9.77. The molecule has 1 aliphatic rings. The number of esters is 1. The van der Waals surface area contributed by atoms with E-state index in [2.05, 4.69) is 10.3 Å². The predicted molar refractivity (Wildman–Crippen MR) is 72.0 cm³/mol. The van der Waals surface area contributed by atoms with E-state index in [1.807, 2.05) is 11.8 Å². The first-order valence-corrected chi connectivity index (χ1v) is 7.80. The van der Waals surface area contributed by atoms with Gasteiger partial charge in [-0.3, -0.25) is 0 Å². The van der Waals surface area contributed by atoms with Crippen molar-refractivity contribution in [1.82, 2.24) is 4.98 Å². The second-order valence-corrected chi connectivity index (χ2v) is 5.87. The number of carbonyl (C=O) groups is 1. The van der Waals surface area contributed by atoms with Crippen LogP contribution in [0.5, 0.6) is 0 Å². The van der Waals surface area contributed by atoms with Crippen molar-refractivity contribution in [3.05, 3.63) is 11.1 Å². The largest absolute Gasteiger partial charge is 0.461 e. The molecule has 0 aliphatic carbocycles. The molecule has 0 atom stereocenters. The molecule has 0 spiro atoms. The molecule has 0 radical (unpaired) electrons. The quantitative estimate of drug-likeness (QED) is 0.854. The Morgan fingerprint density at radius 3 is 3.06 bits per heavy atom. The molecule has 1 fully saturated rings. The summed E-state index contributed by atoms with van der Waals surface area (Å²) >= 11 is 3.46. The number of hydrogen-bond acceptors (Lipinski definition) is 6. The minimum absolute atomic E-state index is 0.337. The Balaban J connectivity index is 1.91. The molecule has 0 saturated carbocycles. The van der Waals surface area contributed by atoms with Gasteiger partial charge in [-0.2, -0.15) is 11.8 Å². The molecular weight excluding hydrogens is 256 g/mol. The van der Waals surface area contributed by atoms with Crippen molar-refractivity contribution in [2.75, 3.05) is 23.4 Å². The fraction of sp³-hybridized carbons (Fsp3) is 0.636. The summed E-state index contributed by atoms with van der Waals surface area (Å²) in [6.07, 6.45) is 2.33. The number of thioether (sulfide) groups is 1. The van der Waals surface area contributed by atoms with E-state index >= 15 is 0 Å². The van der Waals surface area contributed by atoms with Crippen molar-refractivity contribution in [3.63, 3.8) is 0 Å². The molecule has 4 nitrogen and oxygen atoms in total. The zero-order chi connectivity index (χ0) is 12.1. The van der Waals surface area contributed by atoms with Crippen LogP contribution in [0.15, 0.2) is 5.38 Å². The second kappa shape index (κ2) is 6.26. The number of ether oxygens (including phenoxy) is 1. The summed E-state index contributed by atoms with van der Waals surface area (Å²) in [4.78, 5) is 15.7. The van der Waals surface area contributed by atoms with E-state index in [1.165, 1.54) is 35.7 Å². The van der Waals surface area contributed by atoms with Crippen molar-refractivity contribution < 1.29 is 9.53 Å². The summed E-state index contributed by atoms with van der Waals surface area (Å²) in [6, 6.07) is 0.498. The predicted octanol–water partition coefficient (Wildman–Crippen LogP) is 2.63. The molecule has 6 heteroatoms. The maximum absolute atomic E-state index is 11.4. The number of nitrogens with one attached hydrogen (secondary N) is 1. The topological polar surface area (TPSA) is 51.2 Å². The summed E-state index contributed by atoms with van der Waals surface area (Å²) in [5.74, 6) is 2.07. The fourth-order valence-electron chi connectivity index (χ4n) is 1.66. The summed E-state index contributed by atoms with van der Waals surface area (Å²) in [5.41, 5.74) is 0.407. The third-order valence-electron chi connectivity index (χ3n) is 2.54. The van der Waals surface area contributed by atoms with Gasteiger partial charge < -0.3 is 10.1 Å². The van der Waals surface area contributed by atoms with E-state index in [4.69, 9.17) is 4.74 Å². The molecule has 1 aromatic rings. The average molecular weight is 272 g/mol. The Kier molecular flexibility index (Phi) is 4.67. The maximum atomic E-state index is 11.4. The Morgan fingerprint density at radius 2 is 2.35 bits per heavy atom. The van der Waals surface area contributed by atoms with Crippen LogP contribution in [0.3, 0.4) is 0 Å². The van der Waals surface area contributed by atoms with Crippen LogP contribution in [0.2, 0.25) is 0 Å². The number of thiazole rings is 1. The van der Waals surface area contributed by atoms with E-state index < -0.39 is 0 Å². The zero-order valence-corrected chi connectivity index (χ0v) is 11.4. The third-order valence-corrected chi connectivity index (χ3v) is 4.36. The van der Waals surface area contributed by atoms with Crippen LogP contribution in [-0.4, -0.2) is 35.1 Å². The van der Waals surface area contributed by atoms with E-state index in [0.29, 0.717) is 18.3 Å². The van der Waals surface area contributed by atoms with E-state index in [9.17, 15) is 4.79 Å². The van der Waals surface area contributed by atoms with Crippen LogP contribution in [0.1, 0.15) is 30.3 Å². The lowest BCUT2D eigenvalue weighted by Gasteiger charge is -2.21. The number of anilines is 1. The maximum Gasteiger partial charge on any atom is 0.357 e. The van der Waals surface area contributed by atoms with Gasteiger partial charge >= 0.3 is 5.97 Å². The van der Waals surface area contributed by atoms with E-state index in [-0.39, 0.29) is 5.97 Å². The van der Waals surface area contributed by atoms with Crippen LogP contribution in [-0.2, 0) is 4.74 Å². The fourth-order valence-corrected chi connectivity index (χ4v) is 3.52. The standard InChI is InChI=1S/C11H16N2O2S2/c1-2-15-10(14)9-7-17-11(13-9)12-8-3-5-16-6-4-8/h7-8H,2-6H2,1H3,(H,12,13). The molecule has 2 rings (SSSR count). The molecule has 17 heavy (non-hydrogen) atoms. The van der Waals surface area contributed by atoms with Gasteiger partial charge in [0.1, 0.15) is 0 Å². The second-order valence-electron chi connectivity index (χ2n) is 3.79. The molecule has 1 aliphatic heterocycles. The highest BCUT2D eigenvalue weighted by atomic mass is 32.2. The molecule has 1 saturated heterocycles. The molecule has 1 aromatic heterocycles. The van der Waals surface area contributed by atoms with Crippen molar-refractivity contribution in [3.8, 4) is 0 Å². The Labute approximate surface area is 109 Å². The first-order chi connectivity index (χ1) is 8.29. The molecule has 1 N–H and O–H groups in total. The Morgan fingerprint density at radius 1 is 1.59 bits per heavy atom. The van der Waals surface area contributed by atoms with Crippen LogP contribution >= 0.6 is 23.1 Å². The summed E-state index contributed by atoms with van der Waals surface area (Å²) < 4.78 is 4.91. The molecule has 0 unspecified atom stereocenters. The minimum Gasteiger partial charge on any atom is -0.461 e. The lowest BCUT2D eigenvalue weighted by Crippen LogP contribution is -2.24. The van der Waals surface area contributed by atoms with Gasteiger partial charge in [0.05, 0.1) is 6.61 Å². The highest BCUT2D eigenvalue weighted by Gasteiger charge is 2.16. The summed E-state index contributed by atoms with van der Waals surface area (Å²) in [6.45, 7) is 2.18. The van der Waals surface area contributed by atoms with Crippen molar-refractivity contribution in [2.45, 2.75) is 25.8 Å². The highest BCUT2D eigenvalue weighted by molar-refractivity contribution is 7.99. The third kappa shape index (κ3) is 3.61. The molecule has 94 valence electrons. The van der Waals surface area contributed by atoms with Gasteiger partial charge in [0, 0.05) is 11.4 Å². The average Bonchev–Trinajstić information content (AvgIpc) is 2.79. The Bertz CT molecular complexity index is 375. The summed E-state index contributed by atoms with van der Waals surface area (Å²) in [5, 5.41) is 5.96. The van der Waals surface area contributed by atoms with E-state index in [0.717, 1.165) is 5.13 Å². The lowest BCUT2D eigenvalue weighted by atomic mass is 10.2. The number of nitrogens with zero attached hydrogens (tertiary/aromatic N) is 1. The summed E-state index contributed by atoms with van der Waals surface area (Å²) in [7, 11) is 0. The smallest absolute Gasteiger partial charge is 0.357 e. The molecule has 0 amide bonds. The highest BCUT2D eigenvalue weighted by Crippen LogP contribution is 2.23. The molecule has 2 heterocycles. The van der Waals surface area contributed by atoms with Crippen LogP contribution < -0.4 is 5.32 Å². The van der Waals surface area contributed by atoms with Crippen LogP contribution in [0, 0.1) is 0 Å². The van der Waals surface area contributed by atoms with Gasteiger partial charge in [0.2, 0.25) is 0 Å². The van der Waals surface area contributed by atoms with Gasteiger partial charge in [-0.1, -0.05) is 0 Å². The van der Waals surface area contributed by atoms with Crippen LogP contribution in [0.4, 0.5) is 5.13 Å². The molecule has 0 aromatic carbocycles. The van der Waals surface area contributed by atoms with E-state index in [1.54, 1.807) is 12.3 Å². The van der Waals surface area contributed by atoms with Gasteiger partial charge in [0.15, 0.2) is 10.8 Å². The van der Waals surface area contributed by atoms with Gasteiger partial charge in [-0.15, -0.1) is 11.3 Å². The lowest BCUT2D eigenvalue weighted by molar-refractivity contribution is 0.0520. The molecular formula is C11H16N2O2S2. The monoisotopic (exact) mass is 272 g/mol. The number of carbonyl (C=O) groups excluding carboxylic acids is 1. The SMILES string of the molecule is CCOC(=O)c1csc(NC2CCSCC2)n1. The first kappa shape index (κ1) is 12.7. The van der Waals surface area contributed by atoms with Gasteiger partial charge in [-0.25, -0.2) is 9.78 Å². The normalized spacial score (nSPS) is 16.8. The van der Waals surface area contributed by atoms with Crippen LogP contribution in [0.25, 0.3) is 0 Å². The van der Waals surface area contributed by atoms with Gasteiger partial charge in [-0.05, 0) is 31.3 Å². The van der Waals surface area contributed by atoms with Crippen molar-refractivity contribution in [1.29, 1.82) is 0 Å². The van der Waals surface area contributed by atoms with Crippen molar-refractivity contribution in [2.24, 2.45) is 0 Å². The number of rotatable bonds is 4. The first-order valence-electron chi connectivity index (χ1n) is 5.76. The van der Waals surface area contributed by atoms with Crippen molar-refractivity contribution >= 4 is 34.2 Å². The minimum atomic E-state index is -0.337. The van der Waals surface area contributed by atoms with Gasteiger partial charge in [0.25, 0.3) is 0 Å². The molecule has 0 bridgehead atoms. The number of aromatic nitrogens is 1. The Hall–Kier alpha value is -0.750. The number of hydrogen-bond donors (Lipinski definition) is 1.